The van der Waals surface area contributed by atoms with Gasteiger partial charge in [-0.25, -0.2) is 18.4 Å². The molecule has 0 aliphatic heterocycles. The molecule has 0 bridgehead atoms. The Hall–Kier alpha value is -2.22. The highest BCUT2D eigenvalue weighted by Crippen LogP contribution is 2.21. The van der Waals surface area contributed by atoms with Gasteiger partial charge in [-0.15, -0.1) is 0 Å². The van der Waals surface area contributed by atoms with Crippen molar-refractivity contribution in [3.8, 4) is 0 Å². The third-order valence-electron chi connectivity index (χ3n) is 2.47. The first-order valence-electron chi connectivity index (χ1n) is 5.56. The van der Waals surface area contributed by atoms with Crippen LogP contribution < -0.4 is 10.0 Å². The molecule has 0 fully saturated rings. The van der Waals surface area contributed by atoms with Crippen LogP contribution in [0.4, 0.5) is 11.6 Å². The molecule has 0 aliphatic rings. The summed E-state index contributed by atoms with van der Waals surface area (Å²) in [5.41, 5.74) is 5.89. The lowest BCUT2D eigenvalue weighted by Crippen LogP contribution is -2.31. The van der Waals surface area contributed by atoms with Crippen molar-refractivity contribution in [2.24, 2.45) is 0 Å². The molecule has 0 saturated carbocycles. The fraction of sp³-hybridized carbons (Fsp3) is 0.182. The van der Waals surface area contributed by atoms with Gasteiger partial charge in [-0.3, -0.25) is 9.29 Å². The van der Waals surface area contributed by atoms with Gasteiger partial charge in [0.15, 0.2) is 0 Å². The van der Waals surface area contributed by atoms with Crippen LogP contribution in [0.1, 0.15) is 6.92 Å². The minimum absolute atomic E-state index is 0.000335. The van der Waals surface area contributed by atoms with Gasteiger partial charge < -0.3 is 5.73 Å². The highest BCUT2D eigenvalue weighted by atomic mass is 32.2. The third-order valence-corrected chi connectivity index (χ3v) is 4.33. The number of nitrogens with two attached hydrogens (primary N) is 1. The summed E-state index contributed by atoms with van der Waals surface area (Å²) in [6.45, 7) is 2.03. The molecule has 2 aromatic rings. The molecule has 0 radical (unpaired) electrons. The van der Waals surface area contributed by atoms with Crippen molar-refractivity contribution in [2.45, 2.75) is 11.8 Å². The molecule has 0 spiro atoms. The maximum atomic E-state index is 12.5. The van der Waals surface area contributed by atoms with Gasteiger partial charge in [0.2, 0.25) is 5.95 Å². The van der Waals surface area contributed by atoms with Crippen LogP contribution >= 0.6 is 0 Å². The van der Waals surface area contributed by atoms with E-state index in [0.717, 1.165) is 0 Å². The Labute approximate surface area is 111 Å². The van der Waals surface area contributed by atoms with E-state index in [1.165, 1.54) is 29.1 Å². The first-order chi connectivity index (χ1) is 9.05. The van der Waals surface area contributed by atoms with E-state index in [4.69, 9.17) is 5.73 Å². The van der Waals surface area contributed by atoms with Gasteiger partial charge in [-0.1, -0.05) is 0 Å². The summed E-state index contributed by atoms with van der Waals surface area (Å²) in [4.78, 5) is 11.3. The van der Waals surface area contributed by atoms with Crippen molar-refractivity contribution in [2.75, 3.05) is 16.6 Å². The standard InChI is InChI=1S/C11H13N5O2S/c1-2-16(9-3-5-13-6-4-9)19(17,18)10-7-14-11(12)15-8-10/h3-8H,2H2,1H3,(H2,12,14,15). The Morgan fingerprint density at radius 1 is 1.21 bits per heavy atom. The fourth-order valence-corrected chi connectivity index (χ4v) is 2.95. The van der Waals surface area contributed by atoms with E-state index in [-0.39, 0.29) is 17.4 Å². The number of sulfonamides is 1. The van der Waals surface area contributed by atoms with Crippen molar-refractivity contribution in [3.63, 3.8) is 0 Å². The normalized spacial score (nSPS) is 11.2. The largest absolute Gasteiger partial charge is 0.368 e. The SMILES string of the molecule is CCN(c1ccncc1)S(=O)(=O)c1cnc(N)nc1. The second kappa shape index (κ2) is 5.19. The Morgan fingerprint density at radius 2 is 1.79 bits per heavy atom. The number of pyridine rings is 1. The van der Waals surface area contributed by atoms with E-state index < -0.39 is 10.0 Å². The van der Waals surface area contributed by atoms with Gasteiger partial charge in [-0.2, -0.15) is 0 Å². The molecule has 0 amide bonds. The van der Waals surface area contributed by atoms with E-state index >= 15 is 0 Å². The van der Waals surface area contributed by atoms with Crippen molar-refractivity contribution >= 4 is 21.7 Å². The van der Waals surface area contributed by atoms with Crippen LogP contribution in [0.5, 0.6) is 0 Å². The number of hydrogen-bond acceptors (Lipinski definition) is 6. The quantitative estimate of drug-likeness (QED) is 0.882. The maximum absolute atomic E-state index is 12.5. The highest BCUT2D eigenvalue weighted by molar-refractivity contribution is 7.92. The van der Waals surface area contributed by atoms with E-state index in [1.54, 1.807) is 19.1 Å². The van der Waals surface area contributed by atoms with Gasteiger partial charge >= 0.3 is 0 Å². The van der Waals surface area contributed by atoms with Crippen LogP contribution in [0.25, 0.3) is 0 Å². The molecule has 2 rings (SSSR count). The Bertz CT molecular complexity index is 643. The number of nitrogens with zero attached hydrogens (tertiary/aromatic N) is 4. The lowest BCUT2D eigenvalue weighted by molar-refractivity contribution is 0.591. The number of rotatable bonds is 4. The van der Waals surface area contributed by atoms with E-state index in [2.05, 4.69) is 15.0 Å². The second-order valence-electron chi connectivity index (χ2n) is 3.65. The smallest absolute Gasteiger partial charge is 0.267 e. The number of aromatic nitrogens is 3. The summed E-state index contributed by atoms with van der Waals surface area (Å²) in [7, 11) is -3.70. The zero-order valence-corrected chi connectivity index (χ0v) is 11.1. The molecule has 0 aliphatic carbocycles. The van der Waals surface area contributed by atoms with E-state index in [1.807, 2.05) is 0 Å². The summed E-state index contributed by atoms with van der Waals surface area (Å²) in [6, 6.07) is 3.25. The predicted molar refractivity (Wildman–Crippen MR) is 70.9 cm³/mol. The maximum Gasteiger partial charge on any atom is 0.267 e. The predicted octanol–water partition coefficient (Wildman–Crippen LogP) is 0.669. The molecule has 8 heteroatoms. The lowest BCUT2D eigenvalue weighted by atomic mass is 10.4. The van der Waals surface area contributed by atoms with E-state index in [0.29, 0.717) is 5.69 Å². The van der Waals surface area contributed by atoms with Crippen molar-refractivity contribution in [1.82, 2.24) is 15.0 Å². The third kappa shape index (κ3) is 2.63. The number of nitrogen functional groups attached to an aromatic ring is 1. The molecule has 2 heterocycles. The van der Waals surface area contributed by atoms with Crippen molar-refractivity contribution in [3.05, 3.63) is 36.9 Å². The topological polar surface area (TPSA) is 102 Å². The second-order valence-corrected chi connectivity index (χ2v) is 5.51. The summed E-state index contributed by atoms with van der Waals surface area (Å²) in [6.07, 6.45) is 5.46. The molecule has 0 unspecified atom stereocenters. The summed E-state index contributed by atoms with van der Waals surface area (Å²) in [5.74, 6) is 0.0332. The minimum atomic E-state index is -3.70. The van der Waals surface area contributed by atoms with Gasteiger partial charge in [-0.05, 0) is 19.1 Å². The number of hydrogen-bond donors (Lipinski definition) is 1. The zero-order valence-electron chi connectivity index (χ0n) is 10.3. The highest BCUT2D eigenvalue weighted by Gasteiger charge is 2.24. The summed E-state index contributed by atoms with van der Waals surface area (Å²) >= 11 is 0. The van der Waals surface area contributed by atoms with Crippen molar-refractivity contribution < 1.29 is 8.42 Å². The Balaban J connectivity index is 2.45. The van der Waals surface area contributed by atoms with Crippen LogP contribution in [0, 0.1) is 0 Å². The van der Waals surface area contributed by atoms with Crippen LogP contribution in [0.15, 0.2) is 41.8 Å². The summed E-state index contributed by atoms with van der Waals surface area (Å²) in [5, 5.41) is 0. The Kier molecular flexibility index (Phi) is 3.61. The molecular weight excluding hydrogens is 266 g/mol. The molecule has 2 aromatic heterocycles. The first kappa shape index (κ1) is 13.2. The monoisotopic (exact) mass is 279 g/mol. The van der Waals surface area contributed by atoms with Gasteiger partial charge in [0, 0.05) is 18.9 Å². The molecule has 100 valence electrons. The van der Waals surface area contributed by atoms with Crippen LogP contribution in [-0.4, -0.2) is 29.9 Å². The first-order valence-corrected chi connectivity index (χ1v) is 7.00. The minimum Gasteiger partial charge on any atom is -0.368 e. The summed E-state index contributed by atoms with van der Waals surface area (Å²) < 4.78 is 26.2. The molecule has 0 aromatic carbocycles. The Morgan fingerprint density at radius 3 is 2.32 bits per heavy atom. The molecule has 0 atom stereocenters. The van der Waals surface area contributed by atoms with Gasteiger partial charge in [0.05, 0.1) is 18.1 Å². The van der Waals surface area contributed by atoms with Crippen LogP contribution in [0.2, 0.25) is 0 Å². The average Bonchev–Trinajstić information content (AvgIpc) is 2.41. The molecule has 0 saturated heterocycles. The lowest BCUT2D eigenvalue weighted by Gasteiger charge is -2.22. The molecule has 19 heavy (non-hydrogen) atoms. The fourth-order valence-electron chi connectivity index (χ4n) is 1.59. The zero-order chi connectivity index (χ0) is 13.9. The van der Waals surface area contributed by atoms with E-state index in [9.17, 15) is 8.42 Å². The average molecular weight is 279 g/mol. The number of anilines is 2. The molecular formula is C11H13N5O2S. The van der Waals surface area contributed by atoms with Crippen LogP contribution in [0.3, 0.4) is 0 Å². The van der Waals surface area contributed by atoms with Gasteiger partial charge in [0.1, 0.15) is 4.90 Å². The van der Waals surface area contributed by atoms with Gasteiger partial charge in [0.25, 0.3) is 10.0 Å². The van der Waals surface area contributed by atoms with Crippen LogP contribution in [-0.2, 0) is 10.0 Å². The van der Waals surface area contributed by atoms with Crippen molar-refractivity contribution in [1.29, 1.82) is 0 Å². The molecule has 7 nitrogen and oxygen atoms in total. The molecule has 2 N–H and O–H groups in total.